The molecule has 0 bridgehead atoms. The van der Waals surface area contributed by atoms with E-state index in [1.165, 1.54) is 12.1 Å². The van der Waals surface area contributed by atoms with Gasteiger partial charge in [0.05, 0.1) is 11.3 Å². The molecule has 1 aliphatic heterocycles. The van der Waals surface area contributed by atoms with Crippen LogP contribution in [0.2, 0.25) is 0 Å². The second kappa shape index (κ2) is 11.6. The van der Waals surface area contributed by atoms with Gasteiger partial charge in [0.15, 0.2) is 0 Å². The molecule has 2 heterocycles. The number of benzene rings is 2. The molecule has 1 fully saturated rings. The molecule has 1 aromatic heterocycles. The number of halogens is 2. The van der Waals surface area contributed by atoms with Crippen LogP contribution in [0.5, 0.6) is 0 Å². The Balaban J connectivity index is 1.47. The molecule has 0 atom stereocenters. The molecule has 0 radical (unpaired) electrons. The molecular weight excluding hydrogens is 580 g/mol. The summed E-state index contributed by atoms with van der Waals surface area (Å²) in [6.45, 7) is 1.66. The van der Waals surface area contributed by atoms with Crippen molar-refractivity contribution in [3.05, 3.63) is 88.9 Å². The molecule has 180 valence electrons. The van der Waals surface area contributed by atoms with Crippen molar-refractivity contribution in [1.82, 2.24) is 9.88 Å². The highest BCUT2D eigenvalue weighted by molar-refractivity contribution is 14.1. The number of carbonyl (C=O) groups is 2. The third-order valence-corrected chi connectivity index (χ3v) is 7.27. The van der Waals surface area contributed by atoms with Gasteiger partial charge < -0.3 is 15.5 Å². The van der Waals surface area contributed by atoms with Crippen molar-refractivity contribution < 1.29 is 14.0 Å². The third kappa shape index (κ3) is 6.37. The van der Waals surface area contributed by atoms with Crippen LogP contribution in [0.1, 0.15) is 31.8 Å². The number of rotatable bonds is 6. The van der Waals surface area contributed by atoms with Crippen molar-refractivity contribution in [2.45, 2.75) is 4.43 Å². The van der Waals surface area contributed by atoms with Crippen LogP contribution >= 0.6 is 34.4 Å². The van der Waals surface area contributed by atoms with Crippen molar-refractivity contribution in [1.29, 1.82) is 5.41 Å². The van der Waals surface area contributed by atoms with Crippen molar-refractivity contribution >= 4 is 63.5 Å². The molecule has 0 aliphatic carbocycles. The summed E-state index contributed by atoms with van der Waals surface area (Å²) in [6.07, 6.45) is 1.66. The summed E-state index contributed by atoms with van der Waals surface area (Å²) >= 11 is 4.09. The van der Waals surface area contributed by atoms with Gasteiger partial charge in [-0.1, -0.05) is 40.8 Å². The zero-order valence-electron chi connectivity index (χ0n) is 18.7. The number of hydrogen-bond donors (Lipinski definition) is 3. The number of amides is 2. The molecule has 4 rings (SSSR count). The van der Waals surface area contributed by atoms with E-state index in [9.17, 15) is 14.0 Å². The van der Waals surface area contributed by atoms with E-state index in [0.29, 0.717) is 17.2 Å². The summed E-state index contributed by atoms with van der Waals surface area (Å²) in [4.78, 5) is 31.9. The second-order valence-electron chi connectivity index (χ2n) is 7.81. The molecule has 10 heteroatoms. The number of hydrogen-bond acceptors (Lipinski definition) is 5. The van der Waals surface area contributed by atoms with Crippen LogP contribution in [-0.4, -0.2) is 52.1 Å². The molecule has 0 saturated carbocycles. The Kier molecular flexibility index (Phi) is 8.34. The lowest BCUT2D eigenvalue weighted by atomic mass is 10.1. The molecule has 7 nitrogen and oxygen atoms in total. The van der Waals surface area contributed by atoms with Crippen molar-refractivity contribution in [3.8, 4) is 0 Å². The predicted molar refractivity (Wildman–Crippen MR) is 146 cm³/mol. The van der Waals surface area contributed by atoms with Gasteiger partial charge in [-0.15, -0.1) is 0 Å². The van der Waals surface area contributed by atoms with E-state index in [4.69, 9.17) is 5.41 Å². The topological polar surface area (TPSA) is 98.2 Å². The fourth-order valence-corrected chi connectivity index (χ4v) is 4.87. The first-order valence-corrected chi connectivity index (χ1v) is 13.6. The molecule has 35 heavy (non-hydrogen) atoms. The monoisotopic (exact) mass is 603 g/mol. The first-order valence-electron chi connectivity index (χ1n) is 10.9. The molecule has 1 saturated heterocycles. The van der Waals surface area contributed by atoms with Gasteiger partial charge in [0.1, 0.15) is 17.5 Å². The quantitative estimate of drug-likeness (QED) is 0.159. The van der Waals surface area contributed by atoms with E-state index in [2.05, 4.69) is 38.2 Å². The summed E-state index contributed by atoms with van der Waals surface area (Å²) < 4.78 is 14.7. The summed E-state index contributed by atoms with van der Waals surface area (Å²) in [6, 6.07) is 13.9. The Labute approximate surface area is 220 Å². The average Bonchev–Trinajstić information content (AvgIpc) is 2.90. The van der Waals surface area contributed by atoms with Crippen LogP contribution < -0.4 is 10.6 Å². The molecule has 1 aliphatic rings. The highest BCUT2D eigenvalue weighted by Gasteiger charge is 2.18. The molecule has 2 amide bonds. The fourth-order valence-electron chi connectivity index (χ4n) is 3.52. The molecular formula is C25H23FIN5O2S. The number of thioether (sulfide) groups is 1. The number of aromatic nitrogens is 1. The Morgan fingerprint density at radius 2 is 1.71 bits per heavy atom. The zero-order valence-corrected chi connectivity index (χ0v) is 21.7. The van der Waals surface area contributed by atoms with Gasteiger partial charge in [-0.2, -0.15) is 11.8 Å². The van der Waals surface area contributed by atoms with Gasteiger partial charge in [-0.25, -0.2) is 9.37 Å². The lowest BCUT2D eigenvalue weighted by Crippen LogP contribution is -2.37. The lowest BCUT2D eigenvalue weighted by Gasteiger charge is -2.28. The molecule has 3 N–H and O–H groups in total. The van der Waals surface area contributed by atoms with Crippen LogP contribution in [0.3, 0.4) is 0 Å². The van der Waals surface area contributed by atoms with Crippen molar-refractivity contribution in [2.24, 2.45) is 0 Å². The summed E-state index contributed by atoms with van der Waals surface area (Å²) in [5.41, 5.74) is 2.28. The minimum atomic E-state index is -0.597. The largest absolute Gasteiger partial charge is 0.355 e. The third-order valence-electron chi connectivity index (χ3n) is 5.44. The minimum absolute atomic E-state index is 0.0144. The number of nitrogens with zero attached hydrogens (tertiary/aromatic N) is 2. The maximum absolute atomic E-state index is 13.9. The van der Waals surface area contributed by atoms with Gasteiger partial charge in [0.2, 0.25) is 0 Å². The SMILES string of the molecule is N=C(c1ccc(C(=O)Nc2ccc(F)cc2C(=O)Nc2ccc(CI)cn2)cc1)N1CCSCC1. The van der Waals surface area contributed by atoms with Crippen LogP contribution in [-0.2, 0) is 4.43 Å². The summed E-state index contributed by atoms with van der Waals surface area (Å²) in [5, 5.41) is 13.8. The number of pyridine rings is 1. The van der Waals surface area contributed by atoms with E-state index in [1.54, 1.807) is 36.5 Å². The Morgan fingerprint density at radius 1 is 1.00 bits per heavy atom. The van der Waals surface area contributed by atoms with Gasteiger partial charge in [0, 0.05) is 46.3 Å². The van der Waals surface area contributed by atoms with E-state index >= 15 is 0 Å². The van der Waals surface area contributed by atoms with Crippen molar-refractivity contribution in [3.63, 3.8) is 0 Å². The van der Waals surface area contributed by atoms with E-state index in [0.717, 1.165) is 46.2 Å². The van der Waals surface area contributed by atoms with Crippen molar-refractivity contribution in [2.75, 3.05) is 35.2 Å². The highest BCUT2D eigenvalue weighted by Crippen LogP contribution is 2.21. The first-order chi connectivity index (χ1) is 16.9. The molecule has 0 spiro atoms. The van der Waals surface area contributed by atoms with Crippen LogP contribution in [0.4, 0.5) is 15.9 Å². The highest BCUT2D eigenvalue weighted by atomic mass is 127. The van der Waals surface area contributed by atoms with E-state index in [1.807, 2.05) is 22.7 Å². The lowest BCUT2D eigenvalue weighted by molar-refractivity contribution is 0.102. The Bertz CT molecular complexity index is 1230. The smallest absolute Gasteiger partial charge is 0.259 e. The zero-order chi connectivity index (χ0) is 24.8. The summed E-state index contributed by atoms with van der Waals surface area (Å²) in [7, 11) is 0. The van der Waals surface area contributed by atoms with E-state index in [-0.39, 0.29) is 11.3 Å². The Hall–Kier alpha value is -2.99. The van der Waals surface area contributed by atoms with Gasteiger partial charge in [-0.05, 0) is 42.0 Å². The number of alkyl halides is 1. The normalized spacial score (nSPS) is 13.3. The van der Waals surface area contributed by atoms with Crippen LogP contribution in [0, 0.1) is 11.2 Å². The molecule has 3 aromatic rings. The van der Waals surface area contributed by atoms with Crippen LogP contribution in [0.15, 0.2) is 60.8 Å². The van der Waals surface area contributed by atoms with E-state index < -0.39 is 17.6 Å². The number of nitrogens with one attached hydrogen (secondary N) is 3. The van der Waals surface area contributed by atoms with Gasteiger partial charge in [0.25, 0.3) is 11.8 Å². The van der Waals surface area contributed by atoms with Crippen LogP contribution in [0.25, 0.3) is 0 Å². The number of anilines is 2. The number of amidine groups is 1. The standard InChI is InChI=1S/C25H23FIN5O2S/c26-19-6-7-21(20(13-19)25(34)31-22-8-1-16(14-27)15-29-22)30-24(33)18-4-2-17(3-5-18)23(28)32-9-11-35-12-10-32/h1-8,13,15,28H,9-12,14H2,(H,30,33)(H,29,31,34). The maximum atomic E-state index is 13.9. The predicted octanol–water partition coefficient (Wildman–Crippen LogP) is 5.03. The maximum Gasteiger partial charge on any atom is 0.259 e. The average molecular weight is 603 g/mol. The van der Waals surface area contributed by atoms with Gasteiger partial charge in [-0.3, -0.25) is 15.0 Å². The summed E-state index contributed by atoms with van der Waals surface area (Å²) in [5.74, 6) is 1.14. The Morgan fingerprint density at radius 3 is 2.37 bits per heavy atom. The molecule has 0 unspecified atom stereocenters. The minimum Gasteiger partial charge on any atom is -0.355 e. The van der Waals surface area contributed by atoms with Gasteiger partial charge >= 0.3 is 0 Å². The fraction of sp³-hybridized carbons (Fsp3) is 0.200. The molecule has 2 aromatic carbocycles. The number of carbonyl (C=O) groups excluding carboxylic acids is 2. The second-order valence-corrected chi connectivity index (χ2v) is 9.80. The first kappa shape index (κ1) is 25.1.